The van der Waals surface area contributed by atoms with Gasteiger partial charge in [0, 0.05) is 33.1 Å². The van der Waals surface area contributed by atoms with Crippen molar-refractivity contribution < 1.29 is 23.1 Å². The fourth-order valence-corrected chi connectivity index (χ4v) is 7.06. The molecule has 2 aromatic rings. The van der Waals surface area contributed by atoms with E-state index in [9.17, 15) is 10.1 Å². The first kappa shape index (κ1) is 37.3. The highest BCUT2D eigenvalue weighted by Gasteiger charge is 2.62. The van der Waals surface area contributed by atoms with Crippen molar-refractivity contribution in [3.63, 3.8) is 0 Å². The normalized spacial score (nSPS) is 22.6. The number of benzene rings is 2. The molecule has 0 bridgehead atoms. The molecule has 248 valence electrons. The molecular formula is C35H49Cl2FN2O4Si. The topological polar surface area (TPSA) is 80.6 Å². The molecule has 6 nitrogen and oxygen atoms in total. The van der Waals surface area contributed by atoms with Gasteiger partial charge in [0.2, 0.25) is 0 Å². The van der Waals surface area contributed by atoms with Crippen LogP contribution in [0, 0.1) is 22.6 Å². The van der Waals surface area contributed by atoms with E-state index in [1.165, 1.54) is 6.07 Å². The Morgan fingerprint density at radius 1 is 1.00 bits per heavy atom. The lowest BCUT2D eigenvalue weighted by molar-refractivity contribution is -0.157. The van der Waals surface area contributed by atoms with Crippen molar-refractivity contribution in [1.29, 1.82) is 5.26 Å². The molecule has 4 unspecified atom stereocenters. The minimum Gasteiger partial charge on any atom is -0.491 e. The average molecular weight is 680 g/mol. The molecule has 1 aliphatic heterocycles. The second kappa shape index (κ2) is 13.5. The number of nitrogens with one attached hydrogen (secondary N) is 1. The Balaban J connectivity index is 2.24. The van der Waals surface area contributed by atoms with Crippen molar-refractivity contribution in [3.8, 4) is 11.8 Å². The van der Waals surface area contributed by atoms with Crippen LogP contribution in [0.15, 0.2) is 36.4 Å². The van der Waals surface area contributed by atoms with Gasteiger partial charge in [-0.2, -0.15) is 5.26 Å². The standard InChI is InChI=1S/C35H49Cl2FN2O4Si/c1-32(2,3)20-28-35(21-39,25-14-12-23(37)19-26(25)38)29(30(40-28)31(41)44-33(4,5)6)24-18-22(36)13-15-27(24)42-16-17-43-45(10,11)34(7,8)9/h12-15,18-19,28-30,40H,16-17,20H2,1-11H3. The van der Waals surface area contributed by atoms with E-state index in [1.54, 1.807) is 51.1 Å². The summed E-state index contributed by atoms with van der Waals surface area (Å²) in [5, 5.41) is 15.3. The third kappa shape index (κ3) is 8.61. The molecule has 4 atom stereocenters. The maximum absolute atomic E-state index is 16.0. The smallest absolute Gasteiger partial charge is 0.324 e. The van der Waals surface area contributed by atoms with Gasteiger partial charge in [0.1, 0.15) is 35.2 Å². The Kier molecular flexibility index (Phi) is 11.2. The lowest BCUT2D eigenvalue weighted by Crippen LogP contribution is -2.45. The fraction of sp³-hybridized carbons (Fsp3) is 0.600. The minimum atomic E-state index is -2.02. The van der Waals surface area contributed by atoms with Crippen LogP contribution in [0.5, 0.6) is 5.75 Å². The van der Waals surface area contributed by atoms with Crippen molar-refractivity contribution in [2.75, 3.05) is 13.2 Å². The van der Waals surface area contributed by atoms with Gasteiger partial charge >= 0.3 is 5.97 Å². The van der Waals surface area contributed by atoms with E-state index >= 15 is 4.39 Å². The minimum absolute atomic E-state index is 0.0334. The summed E-state index contributed by atoms with van der Waals surface area (Å²) >= 11 is 12.8. The zero-order chi connectivity index (χ0) is 34.2. The van der Waals surface area contributed by atoms with Crippen LogP contribution in [0.3, 0.4) is 0 Å². The summed E-state index contributed by atoms with van der Waals surface area (Å²) in [4.78, 5) is 14.0. The quantitative estimate of drug-likeness (QED) is 0.162. The van der Waals surface area contributed by atoms with Crippen LogP contribution in [0.1, 0.15) is 85.8 Å². The first-order valence-corrected chi connectivity index (χ1v) is 19.1. The predicted octanol–water partition coefficient (Wildman–Crippen LogP) is 9.20. The number of hydrogen-bond acceptors (Lipinski definition) is 6. The first-order valence-electron chi connectivity index (χ1n) is 15.4. The SMILES string of the molecule is CC(C)(C)CC1NC(C(=O)OC(C)(C)C)C(c2cc(Cl)ccc2OCCO[Si](C)(C)C(C)(C)C)C1(C#N)c1ccc(Cl)cc1F. The highest BCUT2D eigenvalue weighted by atomic mass is 35.5. The summed E-state index contributed by atoms with van der Waals surface area (Å²) in [6, 6.07) is 10.3. The number of ether oxygens (including phenoxy) is 2. The van der Waals surface area contributed by atoms with E-state index < -0.39 is 49.1 Å². The molecule has 10 heteroatoms. The highest BCUT2D eigenvalue weighted by molar-refractivity contribution is 6.74. The second-order valence-electron chi connectivity index (χ2n) is 15.7. The molecule has 1 heterocycles. The summed E-state index contributed by atoms with van der Waals surface area (Å²) in [6.07, 6.45) is 0.454. The molecular weight excluding hydrogens is 630 g/mol. The summed E-state index contributed by atoms with van der Waals surface area (Å²) in [7, 11) is -2.02. The van der Waals surface area contributed by atoms with Gasteiger partial charge in [-0.25, -0.2) is 4.39 Å². The van der Waals surface area contributed by atoms with E-state index in [4.69, 9.17) is 37.1 Å². The zero-order valence-corrected chi connectivity index (χ0v) is 31.0. The van der Waals surface area contributed by atoms with Crippen molar-refractivity contribution in [3.05, 3.63) is 63.4 Å². The van der Waals surface area contributed by atoms with Crippen LogP contribution >= 0.6 is 23.2 Å². The Labute approximate surface area is 280 Å². The Morgan fingerprint density at radius 3 is 2.13 bits per heavy atom. The van der Waals surface area contributed by atoms with Crippen molar-refractivity contribution in [1.82, 2.24) is 5.32 Å². The molecule has 0 radical (unpaired) electrons. The van der Waals surface area contributed by atoms with Crippen LogP contribution in [-0.4, -0.2) is 45.2 Å². The number of carbonyl (C=O) groups excluding carboxylic acids is 1. The number of nitriles is 1. The van der Waals surface area contributed by atoms with Crippen LogP contribution in [-0.2, 0) is 19.4 Å². The molecule has 0 aliphatic carbocycles. The number of carbonyl (C=O) groups is 1. The third-order valence-corrected chi connectivity index (χ3v) is 13.7. The number of rotatable bonds is 9. The number of esters is 1. The molecule has 0 amide bonds. The van der Waals surface area contributed by atoms with Gasteiger partial charge in [-0.05, 0) is 81.1 Å². The number of nitrogens with zero attached hydrogens (tertiary/aromatic N) is 1. The van der Waals surface area contributed by atoms with E-state index in [-0.39, 0.29) is 27.6 Å². The van der Waals surface area contributed by atoms with Crippen LogP contribution in [0.25, 0.3) is 0 Å². The molecule has 2 aromatic carbocycles. The van der Waals surface area contributed by atoms with Crippen molar-refractivity contribution in [2.24, 2.45) is 5.41 Å². The first-order chi connectivity index (χ1) is 20.5. The lowest BCUT2D eigenvalue weighted by Gasteiger charge is -2.38. The summed E-state index contributed by atoms with van der Waals surface area (Å²) in [5.74, 6) is -1.68. The maximum atomic E-state index is 16.0. The number of hydrogen-bond donors (Lipinski definition) is 1. The zero-order valence-electron chi connectivity index (χ0n) is 28.5. The van der Waals surface area contributed by atoms with Gasteiger partial charge in [-0.15, -0.1) is 0 Å². The largest absolute Gasteiger partial charge is 0.491 e. The molecule has 0 aromatic heterocycles. The van der Waals surface area contributed by atoms with Crippen LogP contribution < -0.4 is 10.1 Å². The average Bonchev–Trinajstić information content (AvgIpc) is 3.18. The monoisotopic (exact) mass is 678 g/mol. The molecule has 45 heavy (non-hydrogen) atoms. The lowest BCUT2D eigenvalue weighted by atomic mass is 9.62. The molecule has 1 aliphatic rings. The van der Waals surface area contributed by atoms with Gasteiger partial charge in [-0.3, -0.25) is 10.1 Å². The number of halogens is 3. The summed E-state index contributed by atoms with van der Waals surface area (Å²) in [5.41, 5.74) is -2.01. The molecule has 3 rings (SSSR count). The van der Waals surface area contributed by atoms with Gasteiger partial charge < -0.3 is 13.9 Å². The van der Waals surface area contributed by atoms with E-state index in [2.05, 4.69) is 45.3 Å². The van der Waals surface area contributed by atoms with E-state index in [0.29, 0.717) is 29.4 Å². The third-order valence-electron chi connectivity index (χ3n) is 8.71. The van der Waals surface area contributed by atoms with Gasteiger partial charge in [0.15, 0.2) is 8.32 Å². The Bertz CT molecular complexity index is 1420. The molecule has 0 spiro atoms. The van der Waals surface area contributed by atoms with Gasteiger partial charge in [0.25, 0.3) is 0 Å². The summed E-state index contributed by atoms with van der Waals surface area (Å²) < 4.78 is 34.6. The molecule has 1 saturated heterocycles. The Hall–Kier alpha value is -2.15. The van der Waals surface area contributed by atoms with Gasteiger partial charge in [0.05, 0.1) is 12.7 Å². The second-order valence-corrected chi connectivity index (χ2v) is 21.4. The van der Waals surface area contributed by atoms with Crippen molar-refractivity contribution >= 4 is 37.5 Å². The van der Waals surface area contributed by atoms with E-state index in [0.717, 1.165) is 0 Å². The molecule has 1 fully saturated rings. The maximum Gasteiger partial charge on any atom is 0.324 e. The molecule has 0 saturated carbocycles. The highest BCUT2D eigenvalue weighted by Crippen LogP contribution is 2.54. The Morgan fingerprint density at radius 2 is 1.60 bits per heavy atom. The predicted molar refractivity (Wildman–Crippen MR) is 182 cm³/mol. The van der Waals surface area contributed by atoms with Crippen LogP contribution in [0.2, 0.25) is 28.2 Å². The van der Waals surface area contributed by atoms with E-state index in [1.807, 2.05) is 20.8 Å². The summed E-state index contributed by atoms with van der Waals surface area (Å²) in [6.45, 7) is 22.9. The van der Waals surface area contributed by atoms with Crippen molar-refractivity contribution in [2.45, 2.75) is 116 Å². The van der Waals surface area contributed by atoms with Gasteiger partial charge in [-0.1, -0.05) is 70.8 Å². The van der Waals surface area contributed by atoms with Crippen LogP contribution in [0.4, 0.5) is 4.39 Å². The fourth-order valence-electron chi connectivity index (χ4n) is 5.70. The molecule has 1 N–H and O–H groups in total.